The van der Waals surface area contributed by atoms with Crippen LogP contribution in [0.25, 0.3) is 0 Å². The quantitative estimate of drug-likeness (QED) is 0.0188. The molecule has 2 fully saturated rings. The molecule has 0 amide bonds. The monoisotopic (exact) mass is 1000 g/mol. The average Bonchev–Trinajstić information content (AvgIpc) is 3.32. The van der Waals surface area contributed by atoms with Crippen LogP contribution in [0.4, 0.5) is 0 Å². The number of rotatable bonds is 25. The molecule has 0 radical (unpaired) electrons. The van der Waals surface area contributed by atoms with Crippen molar-refractivity contribution in [2.24, 2.45) is 11.8 Å². The lowest BCUT2D eigenvalue weighted by molar-refractivity contribution is -0.167. The van der Waals surface area contributed by atoms with Crippen LogP contribution in [-0.4, -0.2) is 127 Å². The van der Waals surface area contributed by atoms with E-state index in [4.69, 9.17) is 18.5 Å². The molecule has 1 saturated heterocycles. The fourth-order valence-electron chi connectivity index (χ4n) is 8.52. The maximum Gasteiger partial charge on any atom is 0.472 e. The molecule has 16 nitrogen and oxygen atoms in total. The van der Waals surface area contributed by atoms with Crippen LogP contribution in [0.3, 0.4) is 0 Å². The fraction of sp³-hybridized carbons (Fsp3) is 0.788. The number of hydrogen-bond donors (Lipinski definition) is 8. The highest BCUT2D eigenvalue weighted by Gasteiger charge is 2.49. The first-order valence-corrected chi connectivity index (χ1v) is 27.5. The van der Waals surface area contributed by atoms with Crippen molar-refractivity contribution >= 4 is 25.5 Å². The molecule has 2 aliphatic rings. The van der Waals surface area contributed by atoms with E-state index in [9.17, 15) is 59.6 Å². The van der Waals surface area contributed by atoms with Gasteiger partial charge in [0, 0.05) is 25.2 Å². The van der Waals surface area contributed by atoms with Gasteiger partial charge in [-0.2, -0.15) is 0 Å². The molecule has 0 aromatic carbocycles. The first-order valence-electron chi connectivity index (χ1n) is 26.0. The van der Waals surface area contributed by atoms with Gasteiger partial charge in [0.05, 0.1) is 36.9 Å². The van der Waals surface area contributed by atoms with Gasteiger partial charge in [0.1, 0.15) is 36.8 Å². The maximum absolute atomic E-state index is 13.7. The van der Waals surface area contributed by atoms with Gasteiger partial charge in [-0.15, -0.1) is 0 Å². The minimum atomic E-state index is -5.46. The van der Waals surface area contributed by atoms with E-state index in [0.717, 1.165) is 76.7 Å². The number of aliphatic hydroxyl groups is 7. The molecule has 2 bridgehead atoms. The molecule has 0 aromatic rings. The molecule has 69 heavy (non-hydrogen) atoms. The lowest BCUT2D eigenvalue weighted by atomic mass is 9.82. The summed E-state index contributed by atoms with van der Waals surface area (Å²) >= 11 is 0. The van der Waals surface area contributed by atoms with Crippen LogP contribution in [0.1, 0.15) is 181 Å². The predicted molar refractivity (Wildman–Crippen MR) is 263 cm³/mol. The van der Waals surface area contributed by atoms with Crippen molar-refractivity contribution in [3.63, 3.8) is 0 Å². The second-order valence-corrected chi connectivity index (χ2v) is 20.2. The van der Waals surface area contributed by atoms with Gasteiger partial charge in [0.15, 0.2) is 6.10 Å². The standard InChI is InChI=1S/C52H89O16P/c1-3-5-7-8-9-10-11-12-13-14-15-16-17-18-19-20-21-22-23-29-33-46(57)67-40-37-65-45(56)32-28-25-24-27-31-41-43(54)36-44(55)42(35-34-39(53)30-26-6-4-2)48(59)50(61)52(51(62)49(60)47(41)58)68-69(63,64)66-38-40/h10-11,13-14,16-17,34-35,39-43,47-54,58-62H,3-9,12,15,18-33,36-38H2,1-2H3,(H,63,64)/b11-10-,14-13-,17-16-,35-34+/t39-,40+,41-,42-,43-,47+,48+,49-,50+,51+,52+/m0/s1. The number of unbranched alkanes of at least 4 members (excludes halogenated alkanes) is 12. The Balaban J connectivity index is 2.07. The van der Waals surface area contributed by atoms with Crippen LogP contribution in [0.15, 0.2) is 48.6 Å². The Hall–Kier alpha value is -2.60. The van der Waals surface area contributed by atoms with Crippen LogP contribution in [0.5, 0.6) is 0 Å². The largest absolute Gasteiger partial charge is 0.472 e. The predicted octanol–water partition coefficient (Wildman–Crippen LogP) is 7.71. The fourth-order valence-corrected chi connectivity index (χ4v) is 9.49. The third kappa shape index (κ3) is 27.1. The van der Waals surface area contributed by atoms with Crippen molar-refractivity contribution in [2.45, 2.75) is 236 Å². The Morgan fingerprint density at radius 2 is 1.29 bits per heavy atom. The van der Waals surface area contributed by atoms with E-state index in [2.05, 4.69) is 43.4 Å². The number of phosphoric acid groups is 1. The van der Waals surface area contributed by atoms with Crippen molar-refractivity contribution in [1.29, 1.82) is 0 Å². The van der Waals surface area contributed by atoms with Crippen LogP contribution in [0.2, 0.25) is 0 Å². The Morgan fingerprint density at radius 3 is 1.96 bits per heavy atom. The lowest BCUT2D eigenvalue weighted by Crippen LogP contribution is -2.55. The molecular formula is C52H89O16P. The van der Waals surface area contributed by atoms with E-state index >= 15 is 0 Å². The summed E-state index contributed by atoms with van der Waals surface area (Å²) in [6.07, 6.45) is 16.3. The summed E-state index contributed by atoms with van der Waals surface area (Å²) in [4.78, 5) is 50.3. The third-order valence-corrected chi connectivity index (χ3v) is 13.8. The number of hydrogen-bond acceptors (Lipinski definition) is 15. The molecule has 0 aromatic heterocycles. The second-order valence-electron chi connectivity index (χ2n) is 18.8. The molecule has 12 atom stereocenters. The number of ketones is 1. The van der Waals surface area contributed by atoms with Crippen LogP contribution >= 0.6 is 7.82 Å². The topological polar surface area (TPSA) is 267 Å². The summed E-state index contributed by atoms with van der Waals surface area (Å²) in [5.74, 6) is -5.01. The Bertz CT molecular complexity index is 1570. The Labute approximate surface area is 411 Å². The minimum absolute atomic E-state index is 0.00758. The lowest BCUT2D eigenvalue weighted by Gasteiger charge is -2.37. The SMILES string of the molecule is CCCCCC/C=C\C/C=C\C/C=C\CCCCCCCCC(=O)O[C@@H]1COC(=O)CCCCCC[C@@H]2[C@@H](O)[C@H](O)[C@@H](O)[C@H](OP(=O)(O)OC1)[C@H](O)[C@H](O)[C@@H](/C=C/[C@@H](O)CCCCC)C(=O)C[C@@H]2O. The normalized spacial score (nSPS) is 30.4. The first-order chi connectivity index (χ1) is 33.1. The molecule has 17 heteroatoms. The summed E-state index contributed by atoms with van der Waals surface area (Å²) in [5.41, 5.74) is 0. The molecule has 1 heterocycles. The van der Waals surface area contributed by atoms with Gasteiger partial charge in [-0.05, 0) is 64.2 Å². The van der Waals surface area contributed by atoms with E-state index in [1.807, 2.05) is 6.92 Å². The van der Waals surface area contributed by atoms with Crippen LogP contribution in [0, 0.1) is 11.8 Å². The highest BCUT2D eigenvalue weighted by atomic mass is 31.2. The average molecular weight is 1000 g/mol. The van der Waals surface area contributed by atoms with Gasteiger partial charge in [0.2, 0.25) is 0 Å². The zero-order chi connectivity index (χ0) is 50.9. The number of carbonyl (C=O) groups is 3. The molecule has 1 aliphatic carbocycles. The number of esters is 2. The number of fused-ring (bicyclic) bond motifs is 4. The van der Waals surface area contributed by atoms with E-state index in [0.29, 0.717) is 44.9 Å². The van der Waals surface area contributed by atoms with Crippen LogP contribution in [-0.2, 0) is 37.5 Å². The van der Waals surface area contributed by atoms with Crippen molar-refractivity contribution in [3.8, 4) is 0 Å². The van der Waals surface area contributed by atoms with E-state index in [1.165, 1.54) is 31.8 Å². The number of ether oxygens (including phenoxy) is 2. The Kier molecular flexibility index (Phi) is 33.7. The van der Waals surface area contributed by atoms with E-state index in [1.54, 1.807) is 0 Å². The van der Waals surface area contributed by atoms with Crippen LogP contribution < -0.4 is 0 Å². The minimum Gasteiger partial charge on any atom is -0.462 e. The number of carbonyl (C=O) groups excluding carboxylic acids is 3. The smallest absolute Gasteiger partial charge is 0.462 e. The highest BCUT2D eigenvalue weighted by molar-refractivity contribution is 7.47. The van der Waals surface area contributed by atoms with Crippen molar-refractivity contribution in [1.82, 2.24) is 0 Å². The van der Waals surface area contributed by atoms with Gasteiger partial charge in [-0.1, -0.05) is 146 Å². The number of allylic oxidation sites excluding steroid dienone is 6. The van der Waals surface area contributed by atoms with Gasteiger partial charge < -0.3 is 50.1 Å². The zero-order valence-electron chi connectivity index (χ0n) is 41.6. The van der Waals surface area contributed by atoms with E-state index in [-0.39, 0.29) is 19.3 Å². The Morgan fingerprint density at radius 1 is 0.710 bits per heavy atom. The summed E-state index contributed by atoms with van der Waals surface area (Å²) in [7, 11) is -5.46. The van der Waals surface area contributed by atoms with Gasteiger partial charge in [-0.25, -0.2) is 4.57 Å². The van der Waals surface area contributed by atoms with Gasteiger partial charge in [0.25, 0.3) is 0 Å². The summed E-state index contributed by atoms with van der Waals surface area (Å²) in [5, 5.41) is 78.7. The molecular weight excluding hydrogens is 912 g/mol. The highest BCUT2D eigenvalue weighted by Crippen LogP contribution is 2.47. The number of aliphatic hydroxyl groups excluding tert-OH is 7. The zero-order valence-corrected chi connectivity index (χ0v) is 42.5. The molecule has 0 spiro atoms. The molecule has 2 rings (SSSR count). The van der Waals surface area contributed by atoms with E-state index < -0.39 is 112 Å². The summed E-state index contributed by atoms with van der Waals surface area (Å²) in [6.45, 7) is 2.80. The third-order valence-electron chi connectivity index (χ3n) is 12.8. The van der Waals surface area contributed by atoms with Crippen molar-refractivity contribution in [2.75, 3.05) is 13.2 Å². The molecule has 8 N–H and O–H groups in total. The first kappa shape index (κ1) is 62.5. The molecule has 398 valence electrons. The van der Waals surface area contributed by atoms with Crippen molar-refractivity contribution < 1.29 is 78.1 Å². The molecule has 1 saturated carbocycles. The number of phosphoric ester groups is 1. The second kappa shape index (κ2) is 37.2. The number of Topliss-reactive ketones (excluding diaryl/α,β-unsaturated/α-hetero) is 1. The molecule has 1 unspecified atom stereocenters. The summed E-state index contributed by atoms with van der Waals surface area (Å²) in [6, 6.07) is 0. The van der Waals surface area contributed by atoms with Gasteiger partial charge >= 0.3 is 19.8 Å². The van der Waals surface area contributed by atoms with Crippen molar-refractivity contribution in [3.05, 3.63) is 48.6 Å². The molecule has 1 aliphatic heterocycles. The summed E-state index contributed by atoms with van der Waals surface area (Å²) < 4.78 is 34.8. The maximum atomic E-state index is 13.7. The number of cyclic esters (lactones) is 1. The van der Waals surface area contributed by atoms with Gasteiger partial charge in [-0.3, -0.25) is 23.4 Å².